The summed E-state index contributed by atoms with van der Waals surface area (Å²) in [6.45, 7) is 0.554. The van der Waals surface area contributed by atoms with Crippen LogP contribution in [0, 0.1) is 0 Å². The highest BCUT2D eigenvalue weighted by Crippen LogP contribution is 2.28. The van der Waals surface area contributed by atoms with Crippen LogP contribution in [0.25, 0.3) is 0 Å². The number of amides is 1. The van der Waals surface area contributed by atoms with E-state index in [4.69, 9.17) is 27.8 Å². The van der Waals surface area contributed by atoms with E-state index in [1.807, 2.05) is 6.07 Å². The molecule has 4 nitrogen and oxygen atoms in total. The van der Waals surface area contributed by atoms with Gasteiger partial charge in [0.05, 0.1) is 18.1 Å². The summed E-state index contributed by atoms with van der Waals surface area (Å²) in [5.41, 5.74) is 11.3. The Hall–Kier alpha value is -1.26. The van der Waals surface area contributed by atoms with Gasteiger partial charge in [0.1, 0.15) is 5.75 Å². The van der Waals surface area contributed by atoms with E-state index in [1.165, 1.54) is 0 Å². The van der Waals surface area contributed by atoms with Gasteiger partial charge in [0.25, 0.3) is 0 Å². The predicted molar refractivity (Wildman–Crippen MR) is 58.6 cm³/mol. The lowest BCUT2D eigenvalue weighted by atomic mass is 10.2. The maximum absolute atomic E-state index is 10.5. The maximum atomic E-state index is 10.5. The minimum atomic E-state index is -0.406. The van der Waals surface area contributed by atoms with Crippen molar-refractivity contribution in [2.24, 2.45) is 11.5 Å². The number of hydrogen-bond donors (Lipinski definition) is 2. The molecule has 0 saturated carbocycles. The van der Waals surface area contributed by atoms with Crippen molar-refractivity contribution in [3.63, 3.8) is 0 Å². The number of primary amides is 1. The second-order valence-corrected chi connectivity index (χ2v) is 3.40. The fourth-order valence-electron chi connectivity index (χ4n) is 1.13. The van der Waals surface area contributed by atoms with Gasteiger partial charge in [0.15, 0.2) is 0 Å². The predicted octanol–water partition coefficient (Wildman–Crippen LogP) is 1.05. The van der Waals surface area contributed by atoms with E-state index in [1.54, 1.807) is 12.1 Å². The molecule has 1 amide bonds. The number of carbonyl (C=O) groups excluding carboxylic acids is 1. The molecular formula is C10H13ClN2O2. The lowest BCUT2D eigenvalue weighted by molar-refractivity contribution is -0.118. The van der Waals surface area contributed by atoms with Crippen LogP contribution in [0.1, 0.15) is 12.0 Å². The molecule has 0 atom stereocenters. The fourth-order valence-corrected chi connectivity index (χ4v) is 1.38. The first-order valence-electron chi connectivity index (χ1n) is 4.53. The van der Waals surface area contributed by atoms with E-state index >= 15 is 0 Å². The smallest absolute Gasteiger partial charge is 0.220 e. The van der Waals surface area contributed by atoms with Gasteiger partial charge in [-0.15, -0.1) is 0 Å². The van der Waals surface area contributed by atoms with Crippen molar-refractivity contribution >= 4 is 17.5 Å². The van der Waals surface area contributed by atoms with Gasteiger partial charge in [-0.05, 0) is 6.07 Å². The summed E-state index contributed by atoms with van der Waals surface area (Å²) >= 11 is 5.93. The molecule has 0 radical (unpaired) electrons. The van der Waals surface area contributed by atoms with Crippen LogP contribution in [0.15, 0.2) is 18.2 Å². The van der Waals surface area contributed by atoms with E-state index in [2.05, 4.69) is 0 Å². The Morgan fingerprint density at radius 3 is 2.80 bits per heavy atom. The Labute approximate surface area is 93.1 Å². The zero-order chi connectivity index (χ0) is 11.3. The van der Waals surface area contributed by atoms with Gasteiger partial charge in [-0.2, -0.15) is 0 Å². The fraction of sp³-hybridized carbons (Fsp3) is 0.300. The van der Waals surface area contributed by atoms with Crippen molar-refractivity contribution in [1.82, 2.24) is 0 Å². The van der Waals surface area contributed by atoms with E-state index in [0.29, 0.717) is 17.3 Å². The summed E-state index contributed by atoms with van der Waals surface area (Å²) in [5.74, 6) is 0.124. The van der Waals surface area contributed by atoms with Crippen LogP contribution >= 0.6 is 11.6 Å². The number of hydrogen-bond acceptors (Lipinski definition) is 3. The molecule has 1 aromatic rings. The number of rotatable bonds is 5. The molecule has 0 spiro atoms. The molecule has 0 aliphatic carbocycles. The van der Waals surface area contributed by atoms with Crippen LogP contribution in [0.3, 0.4) is 0 Å². The summed E-state index contributed by atoms with van der Waals surface area (Å²) < 4.78 is 5.36. The third kappa shape index (κ3) is 3.42. The number of ether oxygens (including phenoxy) is 1. The van der Waals surface area contributed by atoms with E-state index in [9.17, 15) is 4.79 Å². The molecule has 0 aliphatic rings. The largest absolute Gasteiger partial charge is 0.491 e. The Morgan fingerprint density at radius 1 is 1.47 bits per heavy atom. The zero-order valence-corrected chi connectivity index (χ0v) is 8.96. The summed E-state index contributed by atoms with van der Waals surface area (Å²) in [4.78, 5) is 10.5. The topological polar surface area (TPSA) is 78.3 Å². The first kappa shape index (κ1) is 11.8. The van der Waals surface area contributed by atoms with Crippen LogP contribution in [0.2, 0.25) is 5.02 Å². The minimum absolute atomic E-state index is 0.162. The minimum Gasteiger partial charge on any atom is -0.491 e. The number of nitrogens with two attached hydrogens (primary N) is 2. The molecule has 1 rings (SSSR count). The van der Waals surface area contributed by atoms with Crippen LogP contribution in [0.4, 0.5) is 0 Å². The number of halogens is 1. The van der Waals surface area contributed by atoms with Gasteiger partial charge < -0.3 is 16.2 Å². The Bertz CT molecular complexity index is 355. The molecule has 0 heterocycles. The van der Waals surface area contributed by atoms with Crippen molar-refractivity contribution in [2.75, 3.05) is 6.61 Å². The summed E-state index contributed by atoms with van der Waals surface area (Å²) in [6, 6.07) is 5.33. The van der Waals surface area contributed by atoms with Crippen molar-refractivity contribution in [2.45, 2.75) is 13.0 Å². The van der Waals surface area contributed by atoms with Crippen molar-refractivity contribution < 1.29 is 9.53 Å². The Kier molecular flexibility index (Phi) is 4.39. The van der Waals surface area contributed by atoms with Gasteiger partial charge in [-0.3, -0.25) is 4.79 Å². The number of para-hydroxylation sites is 1. The van der Waals surface area contributed by atoms with Crippen LogP contribution in [0.5, 0.6) is 5.75 Å². The highest BCUT2D eigenvalue weighted by atomic mass is 35.5. The number of carbonyl (C=O) groups is 1. The van der Waals surface area contributed by atoms with Crippen molar-refractivity contribution in [3.05, 3.63) is 28.8 Å². The average molecular weight is 229 g/mol. The molecule has 0 unspecified atom stereocenters. The Morgan fingerprint density at radius 2 is 2.20 bits per heavy atom. The van der Waals surface area contributed by atoms with Crippen molar-refractivity contribution in [1.29, 1.82) is 0 Å². The molecule has 0 saturated heterocycles. The Balaban J connectivity index is 2.70. The average Bonchev–Trinajstić information content (AvgIpc) is 2.20. The van der Waals surface area contributed by atoms with E-state index in [0.717, 1.165) is 5.56 Å². The zero-order valence-electron chi connectivity index (χ0n) is 8.20. The molecule has 5 heteroatoms. The maximum Gasteiger partial charge on any atom is 0.220 e. The molecular weight excluding hydrogens is 216 g/mol. The third-order valence-electron chi connectivity index (χ3n) is 1.86. The van der Waals surface area contributed by atoms with Gasteiger partial charge in [-0.25, -0.2) is 0 Å². The molecule has 0 bridgehead atoms. The third-order valence-corrected chi connectivity index (χ3v) is 2.16. The first-order valence-corrected chi connectivity index (χ1v) is 4.91. The standard InChI is InChI=1S/C10H13ClN2O2/c11-8-3-1-2-7(6-12)10(8)15-5-4-9(13)14/h1-3H,4-6,12H2,(H2,13,14). The van der Waals surface area contributed by atoms with Crippen LogP contribution in [-0.4, -0.2) is 12.5 Å². The lowest BCUT2D eigenvalue weighted by Gasteiger charge is -2.10. The molecule has 4 N–H and O–H groups in total. The summed E-state index contributed by atoms with van der Waals surface area (Å²) in [6.07, 6.45) is 0.162. The molecule has 0 fully saturated rings. The van der Waals surface area contributed by atoms with Crippen molar-refractivity contribution in [3.8, 4) is 5.75 Å². The monoisotopic (exact) mass is 228 g/mol. The van der Waals surface area contributed by atoms with Crippen LogP contribution in [-0.2, 0) is 11.3 Å². The quantitative estimate of drug-likeness (QED) is 0.791. The van der Waals surface area contributed by atoms with E-state index < -0.39 is 5.91 Å². The second kappa shape index (κ2) is 5.58. The first-order chi connectivity index (χ1) is 7.15. The van der Waals surface area contributed by atoms with E-state index in [-0.39, 0.29) is 13.0 Å². The lowest BCUT2D eigenvalue weighted by Crippen LogP contribution is -2.15. The second-order valence-electron chi connectivity index (χ2n) is 3.00. The van der Waals surface area contributed by atoms with Crippen LogP contribution < -0.4 is 16.2 Å². The normalized spacial score (nSPS) is 10.0. The van der Waals surface area contributed by atoms with Gasteiger partial charge in [-0.1, -0.05) is 23.7 Å². The number of benzene rings is 1. The summed E-state index contributed by atoms with van der Waals surface area (Å²) in [7, 11) is 0. The molecule has 0 aliphatic heterocycles. The van der Waals surface area contributed by atoms with Gasteiger partial charge >= 0.3 is 0 Å². The molecule has 0 aromatic heterocycles. The summed E-state index contributed by atoms with van der Waals surface area (Å²) in [5, 5.41) is 0.488. The molecule has 1 aromatic carbocycles. The molecule has 82 valence electrons. The molecule has 15 heavy (non-hydrogen) atoms. The van der Waals surface area contributed by atoms with Gasteiger partial charge in [0.2, 0.25) is 5.91 Å². The van der Waals surface area contributed by atoms with Gasteiger partial charge in [0, 0.05) is 12.1 Å². The highest BCUT2D eigenvalue weighted by molar-refractivity contribution is 6.32. The SMILES string of the molecule is NCc1cccc(Cl)c1OCCC(N)=O. The highest BCUT2D eigenvalue weighted by Gasteiger charge is 2.07.